The van der Waals surface area contributed by atoms with Crippen molar-refractivity contribution in [2.75, 3.05) is 0 Å². The van der Waals surface area contributed by atoms with Gasteiger partial charge in [0.2, 0.25) is 0 Å². The molecule has 0 nitrogen and oxygen atoms in total. The molecule has 3 rings (SSSR count). The average molecular weight is 208 g/mol. The summed E-state index contributed by atoms with van der Waals surface area (Å²) in [6, 6.07) is 17.5. The molecule has 0 radical (unpaired) electrons. The first kappa shape index (κ1) is 8.80. The number of hydrogen-bond acceptors (Lipinski definition) is 0. The van der Waals surface area contributed by atoms with E-state index in [2.05, 4.69) is 60.8 Å². The molecule has 0 N–H and O–H groups in total. The molecule has 0 saturated carbocycles. The van der Waals surface area contributed by atoms with Gasteiger partial charge in [-0.3, -0.25) is 0 Å². The summed E-state index contributed by atoms with van der Waals surface area (Å²) in [6.45, 7) is 2.36. The molecular formula is C14H12Si. The van der Waals surface area contributed by atoms with Crippen molar-refractivity contribution in [3.05, 3.63) is 54.2 Å². The molecule has 3 aromatic rings. The number of hydrogen-bond donors (Lipinski definition) is 0. The molecule has 0 amide bonds. The van der Waals surface area contributed by atoms with Gasteiger partial charge in [0.05, 0.1) is 0 Å². The Morgan fingerprint density at radius 1 is 0.800 bits per heavy atom. The van der Waals surface area contributed by atoms with E-state index in [9.17, 15) is 0 Å². The maximum absolute atomic E-state index is 2.45. The summed E-state index contributed by atoms with van der Waals surface area (Å²) in [4.78, 5) is 1.54. The van der Waals surface area contributed by atoms with E-state index < -0.39 is 8.40 Å². The second-order valence-electron chi connectivity index (χ2n) is 3.96. The Bertz CT molecular complexity index is 641. The molecule has 0 fully saturated rings. The third-order valence-corrected chi connectivity index (χ3v) is 5.00. The van der Waals surface area contributed by atoms with Gasteiger partial charge >= 0.3 is 0 Å². The summed E-state index contributed by atoms with van der Waals surface area (Å²) >= 11 is 0. The first-order chi connectivity index (χ1) is 7.36. The first-order valence-corrected chi connectivity index (χ1v) is 7.31. The van der Waals surface area contributed by atoms with E-state index in [1.165, 1.54) is 16.2 Å². The minimum Gasteiger partial charge on any atom is -0.0696 e. The van der Waals surface area contributed by atoms with Crippen molar-refractivity contribution in [1.82, 2.24) is 0 Å². The van der Waals surface area contributed by atoms with Crippen LogP contribution in [0.3, 0.4) is 0 Å². The summed E-state index contributed by atoms with van der Waals surface area (Å²) in [7, 11) is -0.487. The lowest BCUT2D eigenvalue weighted by Gasteiger charge is -2.06. The molecule has 0 spiro atoms. The molecule has 1 heterocycles. The van der Waals surface area contributed by atoms with E-state index >= 15 is 0 Å². The highest BCUT2D eigenvalue weighted by atomic mass is 28.2. The van der Waals surface area contributed by atoms with Gasteiger partial charge in [-0.15, -0.1) is 0 Å². The van der Waals surface area contributed by atoms with Gasteiger partial charge in [0.1, 0.15) is 0 Å². The molecule has 0 aliphatic rings. The molecule has 72 valence electrons. The topological polar surface area (TPSA) is 0 Å². The molecule has 0 bridgehead atoms. The van der Waals surface area contributed by atoms with Gasteiger partial charge in [0, 0.05) is 8.40 Å². The van der Waals surface area contributed by atoms with Crippen LogP contribution < -0.4 is 0 Å². The Kier molecular flexibility index (Phi) is 1.93. The quantitative estimate of drug-likeness (QED) is 0.391. The lowest BCUT2D eigenvalue weighted by molar-refractivity contribution is 1.79. The smallest absolute Gasteiger partial charge is 0.0439 e. The van der Waals surface area contributed by atoms with Gasteiger partial charge in [-0.1, -0.05) is 60.8 Å². The number of fused-ring (bicyclic) bond motifs is 3. The SMILES string of the molecule is C[si]1cc2ccccc2c2ccccc21. The number of aryl methyl sites for hydroxylation is 1. The van der Waals surface area contributed by atoms with Gasteiger partial charge in [-0.2, -0.15) is 0 Å². The van der Waals surface area contributed by atoms with Crippen molar-refractivity contribution in [2.45, 2.75) is 0 Å². The monoisotopic (exact) mass is 208 g/mol. The fourth-order valence-corrected chi connectivity index (χ4v) is 4.12. The second-order valence-corrected chi connectivity index (χ2v) is 6.15. The zero-order valence-corrected chi connectivity index (χ0v) is 9.70. The van der Waals surface area contributed by atoms with Gasteiger partial charge in [-0.05, 0) is 21.2 Å². The molecular weight excluding hydrogens is 196 g/mol. The summed E-state index contributed by atoms with van der Waals surface area (Å²) in [5, 5.41) is 4.24. The highest BCUT2D eigenvalue weighted by molar-refractivity contribution is 6.64. The van der Waals surface area contributed by atoms with E-state index in [0.29, 0.717) is 0 Å². The van der Waals surface area contributed by atoms with Gasteiger partial charge < -0.3 is 0 Å². The largest absolute Gasteiger partial charge is 0.0696 e. The first-order valence-electron chi connectivity index (χ1n) is 5.23. The van der Waals surface area contributed by atoms with Crippen molar-refractivity contribution in [3.63, 3.8) is 0 Å². The predicted octanol–water partition coefficient (Wildman–Crippen LogP) is 3.56. The van der Waals surface area contributed by atoms with Crippen LogP contribution in [0.4, 0.5) is 0 Å². The Morgan fingerprint density at radius 2 is 1.47 bits per heavy atom. The van der Waals surface area contributed by atoms with Crippen LogP contribution in [0.1, 0.15) is 0 Å². The Labute approximate surface area is 90.7 Å². The van der Waals surface area contributed by atoms with E-state index in [1.807, 2.05) is 0 Å². The standard InChI is InChI=1S/C14H12Si/c1-15-10-11-6-2-3-7-12(11)13-8-4-5-9-14(13)15/h2-10H,1H3. The molecule has 0 atom stereocenters. The molecule has 2 aromatic carbocycles. The van der Waals surface area contributed by atoms with E-state index in [-0.39, 0.29) is 0 Å². The average Bonchev–Trinajstić information content (AvgIpc) is 2.30. The minimum atomic E-state index is -0.487. The summed E-state index contributed by atoms with van der Waals surface area (Å²) in [6.07, 6.45) is 0. The van der Waals surface area contributed by atoms with Crippen LogP contribution in [0.5, 0.6) is 0 Å². The zero-order chi connectivity index (χ0) is 10.3. The van der Waals surface area contributed by atoms with Crippen LogP contribution in [0, 0.1) is 0 Å². The third-order valence-electron chi connectivity index (χ3n) is 2.97. The molecule has 0 aliphatic heterocycles. The predicted molar refractivity (Wildman–Crippen MR) is 68.4 cm³/mol. The number of benzene rings is 2. The van der Waals surface area contributed by atoms with Crippen LogP contribution in [-0.2, 0) is 6.55 Å². The zero-order valence-electron chi connectivity index (χ0n) is 8.70. The maximum atomic E-state index is 2.45. The maximum Gasteiger partial charge on any atom is 0.0439 e. The molecule has 15 heavy (non-hydrogen) atoms. The fraction of sp³-hybridized carbons (Fsp3) is 0.0714. The second kappa shape index (κ2) is 3.28. The third kappa shape index (κ3) is 1.31. The normalized spacial score (nSPS) is 11.0. The Morgan fingerprint density at radius 3 is 2.33 bits per heavy atom. The minimum absolute atomic E-state index is 0.487. The van der Waals surface area contributed by atoms with Gasteiger partial charge in [0.15, 0.2) is 0 Å². The van der Waals surface area contributed by atoms with E-state index in [0.717, 1.165) is 0 Å². The molecule has 0 aliphatic carbocycles. The lowest BCUT2D eigenvalue weighted by Crippen LogP contribution is -1.94. The van der Waals surface area contributed by atoms with Crippen LogP contribution in [0.15, 0.2) is 54.2 Å². The molecule has 0 unspecified atom stereocenters. The van der Waals surface area contributed by atoms with Crippen molar-refractivity contribution >= 4 is 29.6 Å². The highest BCUT2D eigenvalue weighted by Gasteiger charge is 2.01. The summed E-state index contributed by atoms with van der Waals surface area (Å²) < 4.78 is 0. The van der Waals surface area contributed by atoms with Gasteiger partial charge in [-0.25, -0.2) is 0 Å². The van der Waals surface area contributed by atoms with Crippen LogP contribution in [-0.4, -0.2) is 8.40 Å². The Balaban J connectivity index is 2.64. The number of rotatable bonds is 0. The lowest BCUT2D eigenvalue weighted by atomic mass is 10.1. The summed E-state index contributed by atoms with van der Waals surface area (Å²) in [5.41, 5.74) is 2.45. The highest BCUT2D eigenvalue weighted by Crippen LogP contribution is 2.23. The summed E-state index contributed by atoms with van der Waals surface area (Å²) in [5.74, 6) is 0. The van der Waals surface area contributed by atoms with Crippen molar-refractivity contribution < 1.29 is 0 Å². The van der Waals surface area contributed by atoms with E-state index in [4.69, 9.17) is 0 Å². The molecule has 1 aromatic heterocycles. The van der Waals surface area contributed by atoms with Crippen molar-refractivity contribution in [2.24, 2.45) is 6.55 Å². The van der Waals surface area contributed by atoms with Crippen molar-refractivity contribution in [1.29, 1.82) is 0 Å². The Hall–Kier alpha value is -1.47. The van der Waals surface area contributed by atoms with Crippen LogP contribution in [0.25, 0.3) is 21.2 Å². The van der Waals surface area contributed by atoms with Crippen LogP contribution in [0.2, 0.25) is 0 Å². The molecule has 0 saturated heterocycles. The van der Waals surface area contributed by atoms with Gasteiger partial charge in [0.25, 0.3) is 0 Å². The van der Waals surface area contributed by atoms with E-state index in [1.54, 1.807) is 5.00 Å². The fourth-order valence-electron chi connectivity index (χ4n) is 2.24. The molecule has 1 heteroatoms. The van der Waals surface area contributed by atoms with Crippen LogP contribution >= 0.6 is 0 Å². The van der Waals surface area contributed by atoms with Crippen molar-refractivity contribution in [3.8, 4) is 0 Å².